The molecule has 8 nitrogen and oxygen atoms in total. The summed E-state index contributed by atoms with van der Waals surface area (Å²) >= 11 is 1.50. The zero-order valence-electron chi connectivity index (χ0n) is 24.4. The Morgan fingerprint density at radius 2 is 1.68 bits per heavy atom. The molecule has 2 amide bonds. The van der Waals surface area contributed by atoms with Crippen LogP contribution in [-0.2, 0) is 25.5 Å². The minimum Gasteiger partial charge on any atom is -0.481 e. The number of hydrogen-bond acceptors (Lipinski definition) is 7. The van der Waals surface area contributed by atoms with Gasteiger partial charge in [-0.2, -0.15) is 0 Å². The molecule has 1 aliphatic heterocycles. The number of thioether (sulfide) groups is 1. The Bertz CT molecular complexity index is 1170. The van der Waals surface area contributed by atoms with Gasteiger partial charge >= 0.3 is 5.97 Å². The molecule has 1 aliphatic rings. The summed E-state index contributed by atoms with van der Waals surface area (Å²) in [4.78, 5) is 41.8. The van der Waals surface area contributed by atoms with Gasteiger partial charge in [0.25, 0.3) is 5.91 Å². The van der Waals surface area contributed by atoms with E-state index < -0.39 is 40.4 Å². The molecule has 0 unspecified atom stereocenters. The third-order valence-corrected chi connectivity index (χ3v) is 7.90. The van der Waals surface area contributed by atoms with Crippen LogP contribution in [0, 0.1) is 13.8 Å². The number of para-hydroxylation sites is 1. The molecular formula is C30H42ClN3O5S. The van der Waals surface area contributed by atoms with Gasteiger partial charge in [-0.1, -0.05) is 48.5 Å². The maximum absolute atomic E-state index is 14.0. The number of halogens is 1. The molecule has 1 saturated heterocycles. The third-order valence-electron chi connectivity index (χ3n) is 6.52. The molecule has 1 heterocycles. The van der Waals surface area contributed by atoms with Gasteiger partial charge < -0.3 is 25.4 Å². The average Bonchev–Trinajstić information content (AvgIpc) is 3.16. The second-order valence-electron chi connectivity index (χ2n) is 11.6. The van der Waals surface area contributed by atoms with Gasteiger partial charge in [0.2, 0.25) is 5.91 Å². The molecule has 2 aromatic rings. The number of hydrogen-bond donors (Lipinski definition) is 2. The van der Waals surface area contributed by atoms with Gasteiger partial charge in [-0.15, -0.1) is 24.2 Å². The van der Waals surface area contributed by atoms with Crippen molar-refractivity contribution in [2.75, 3.05) is 12.5 Å². The van der Waals surface area contributed by atoms with E-state index in [-0.39, 0.29) is 30.8 Å². The highest BCUT2D eigenvalue weighted by molar-refractivity contribution is 8.00. The Balaban J connectivity index is 0.00000560. The van der Waals surface area contributed by atoms with Gasteiger partial charge in [0.1, 0.15) is 11.8 Å². The van der Waals surface area contributed by atoms with Crippen molar-refractivity contribution in [2.24, 2.45) is 5.73 Å². The summed E-state index contributed by atoms with van der Waals surface area (Å²) in [6.45, 7) is 13.0. The second kappa shape index (κ2) is 13.7. The van der Waals surface area contributed by atoms with Crippen LogP contribution in [0.3, 0.4) is 0 Å². The highest BCUT2D eigenvalue weighted by Gasteiger charge is 2.50. The van der Waals surface area contributed by atoms with Crippen molar-refractivity contribution in [1.82, 2.24) is 10.2 Å². The molecule has 0 aromatic heterocycles. The van der Waals surface area contributed by atoms with Crippen LogP contribution in [0.1, 0.15) is 51.3 Å². The highest BCUT2D eigenvalue weighted by Crippen LogP contribution is 2.40. The zero-order chi connectivity index (χ0) is 29.0. The maximum atomic E-state index is 14.0. The minimum absolute atomic E-state index is 0. The van der Waals surface area contributed by atoms with Crippen LogP contribution in [0.4, 0.5) is 0 Å². The molecule has 0 spiro atoms. The van der Waals surface area contributed by atoms with Crippen LogP contribution in [-0.4, -0.2) is 63.6 Å². The number of rotatable bonds is 9. The average molecular weight is 592 g/mol. The molecule has 0 saturated carbocycles. The normalized spacial score (nSPS) is 17.8. The Morgan fingerprint density at radius 3 is 2.25 bits per heavy atom. The van der Waals surface area contributed by atoms with Gasteiger partial charge in [0.05, 0.1) is 11.9 Å². The predicted octanol–water partition coefficient (Wildman–Crippen LogP) is 4.18. The number of nitrogens with zero attached hydrogens (tertiary/aromatic N) is 1. The van der Waals surface area contributed by atoms with E-state index in [1.807, 2.05) is 97.0 Å². The number of esters is 1. The fraction of sp³-hybridized carbons (Fsp3) is 0.500. The van der Waals surface area contributed by atoms with Crippen LogP contribution in [0.25, 0.3) is 0 Å². The predicted molar refractivity (Wildman–Crippen MR) is 162 cm³/mol. The molecule has 0 aliphatic carbocycles. The lowest BCUT2D eigenvalue weighted by Gasteiger charge is -2.35. The standard InChI is InChI=1S/C30H41N3O5S.ClH/c1-19-12-11-13-20(2)24(19)37-17-23(34)38-25(22(31)16-21-14-9-8-10-15-21)28(36)33-18-39-30(6,7)26(33)27(35)32-29(3,4)5;/h8-15,22,25-26H,16-18,31H2,1-7H3,(H,32,35);1H/t22-,25-,26+;/m0./s1. The monoisotopic (exact) mass is 591 g/mol. The number of nitrogens with two attached hydrogens (primary N) is 1. The summed E-state index contributed by atoms with van der Waals surface area (Å²) in [5, 5.41) is 2.99. The molecule has 0 radical (unpaired) electrons. The van der Waals surface area contributed by atoms with Crippen molar-refractivity contribution in [1.29, 1.82) is 0 Å². The second-order valence-corrected chi connectivity index (χ2v) is 13.2. The van der Waals surface area contributed by atoms with Crippen molar-refractivity contribution in [2.45, 2.75) is 83.4 Å². The van der Waals surface area contributed by atoms with Gasteiger partial charge in [0, 0.05) is 10.3 Å². The summed E-state index contributed by atoms with van der Waals surface area (Å²) in [5.74, 6) is -0.584. The minimum atomic E-state index is -1.29. The van der Waals surface area contributed by atoms with Crippen molar-refractivity contribution >= 4 is 42.0 Å². The Kier molecular flexibility index (Phi) is 11.5. The number of carbonyl (C=O) groups excluding carboxylic acids is 3. The number of aryl methyl sites for hydroxylation is 2. The summed E-state index contributed by atoms with van der Waals surface area (Å²) in [7, 11) is 0. The van der Waals surface area contributed by atoms with Gasteiger partial charge in [-0.3, -0.25) is 9.59 Å². The van der Waals surface area contributed by atoms with Crippen molar-refractivity contribution in [3.63, 3.8) is 0 Å². The fourth-order valence-electron chi connectivity index (χ4n) is 4.66. The van der Waals surface area contributed by atoms with Crippen LogP contribution in [0.5, 0.6) is 5.75 Å². The van der Waals surface area contributed by atoms with Crippen molar-refractivity contribution in [3.05, 3.63) is 65.2 Å². The molecule has 2 aromatic carbocycles. The first-order valence-corrected chi connectivity index (χ1v) is 14.1. The lowest BCUT2D eigenvalue weighted by atomic mass is 9.96. The zero-order valence-corrected chi connectivity index (χ0v) is 26.0. The molecule has 3 atom stereocenters. The molecule has 1 fully saturated rings. The van der Waals surface area contributed by atoms with Crippen LogP contribution in [0.15, 0.2) is 48.5 Å². The highest BCUT2D eigenvalue weighted by atomic mass is 35.5. The fourth-order valence-corrected chi connectivity index (χ4v) is 5.80. The molecule has 3 N–H and O–H groups in total. The van der Waals surface area contributed by atoms with Crippen LogP contribution in [0.2, 0.25) is 0 Å². The summed E-state index contributed by atoms with van der Waals surface area (Å²) in [5.41, 5.74) is 8.75. The van der Waals surface area contributed by atoms with Crippen LogP contribution >= 0.6 is 24.2 Å². The first-order valence-electron chi connectivity index (χ1n) is 13.1. The topological polar surface area (TPSA) is 111 Å². The third kappa shape index (κ3) is 8.62. The van der Waals surface area contributed by atoms with E-state index in [1.54, 1.807) is 0 Å². The number of amides is 2. The van der Waals surface area contributed by atoms with E-state index in [9.17, 15) is 14.4 Å². The number of benzene rings is 2. The number of nitrogens with one attached hydrogen (secondary N) is 1. The quantitative estimate of drug-likeness (QED) is 0.421. The summed E-state index contributed by atoms with van der Waals surface area (Å²) in [6, 6.07) is 13.6. The first-order chi connectivity index (χ1) is 18.2. The van der Waals surface area contributed by atoms with E-state index in [0.29, 0.717) is 12.2 Å². The van der Waals surface area contributed by atoms with Crippen molar-refractivity contribution < 1.29 is 23.9 Å². The van der Waals surface area contributed by atoms with Gasteiger partial charge in [-0.25, -0.2) is 4.79 Å². The maximum Gasteiger partial charge on any atom is 0.345 e. The SMILES string of the molecule is Cc1cccc(C)c1OCC(=O)O[C@H](C(=O)N1CSC(C)(C)[C@H]1C(=O)NC(C)(C)C)[C@@H](N)Cc1ccccc1.Cl. The molecular weight excluding hydrogens is 550 g/mol. The molecule has 40 heavy (non-hydrogen) atoms. The van der Waals surface area contributed by atoms with Gasteiger partial charge in [-0.05, 0) is 71.6 Å². The molecule has 220 valence electrons. The molecule has 0 bridgehead atoms. The largest absolute Gasteiger partial charge is 0.481 e. The summed E-state index contributed by atoms with van der Waals surface area (Å²) in [6.07, 6.45) is -0.982. The lowest BCUT2D eigenvalue weighted by Crippen LogP contribution is -2.60. The van der Waals surface area contributed by atoms with E-state index >= 15 is 0 Å². The van der Waals surface area contributed by atoms with E-state index in [4.69, 9.17) is 15.2 Å². The first kappa shape index (κ1) is 33.5. The van der Waals surface area contributed by atoms with E-state index in [2.05, 4.69) is 5.32 Å². The van der Waals surface area contributed by atoms with Gasteiger partial charge in [0.15, 0.2) is 12.7 Å². The lowest BCUT2D eigenvalue weighted by molar-refractivity contribution is -0.164. The Hall–Kier alpha value is -2.75. The summed E-state index contributed by atoms with van der Waals surface area (Å²) < 4.78 is 11.0. The number of ether oxygens (including phenoxy) is 2. The van der Waals surface area contributed by atoms with E-state index in [0.717, 1.165) is 16.7 Å². The Morgan fingerprint density at radius 1 is 1.07 bits per heavy atom. The smallest absolute Gasteiger partial charge is 0.345 e. The molecule has 3 rings (SSSR count). The Labute approximate surface area is 248 Å². The van der Waals surface area contributed by atoms with E-state index in [1.165, 1.54) is 16.7 Å². The number of carbonyl (C=O) groups is 3. The molecule has 10 heteroatoms. The van der Waals surface area contributed by atoms with Crippen molar-refractivity contribution in [3.8, 4) is 5.75 Å². The van der Waals surface area contributed by atoms with Crippen LogP contribution < -0.4 is 15.8 Å².